The summed E-state index contributed by atoms with van der Waals surface area (Å²) in [5.74, 6) is -1.73. The van der Waals surface area contributed by atoms with Gasteiger partial charge >= 0.3 is 12.1 Å². The Morgan fingerprint density at radius 3 is 2.49 bits per heavy atom. The van der Waals surface area contributed by atoms with Crippen LogP contribution < -0.4 is 15.0 Å². The molecule has 1 amide bonds. The van der Waals surface area contributed by atoms with Gasteiger partial charge < -0.3 is 19.7 Å². The predicted molar refractivity (Wildman–Crippen MR) is 180 cm³/mol. The van der Waals surface area contributed by atoms with Crippen LogP contribution in [0.3, 0.4) is 0 Å². The highest BCUT2D eigenvalue weighted by molar-refractivity contribution is 7.13. The zero-order valence-electron chi connectivity index (χ0n) is 27.5. The van der Waals surface area contributed by atoms with Crippen LogP contribution in [0.5, 0.6) is 11.5 Å². The molecule has 2 aromatic carbocycles. The number of hydrogen-bond donors (Lipinski definition) is 1. The minimum atomic E-state index is -4.85. The van der Waals surface area contributed by atoms with E-state index in [4.69, 9.17) is 9.47 Å². The zero-order valence-corrected chi connectivity index (χ0v) is 28.3. The number of halogens is 3. The number of nitrogens with zero attached hydrogens (tertiary/aromatic N) is 5. The number of piperazine rings is 1. The first-order valence-electron chi connectivity index (χ1n) is 16.0. The van der Waals surface area contributed by atoms with Crippen LogP contribution in [0, 0.1) is 11.8 Å². The van der Waals surface area contributed by atoms with Crippen molar-refractivity contribution in [2.24, 2.45) is 11.8 Å². The first kappa shape index (κ1) is 34.3. The van der Waals surface area contributed by atoms with Crippen molar-refractivity contribution in [2.45, 2.75) is 51.9 Å². The molecule has 4 heterocycles. The third-order valence-electron chi connectivity index (χ3n) is 8.72. The van der Waals surface area contributed by atoms with Crippen LogP contribution in [-0.2, 0) is 15.7 Å². The lowest BCUT2D eigenvalue weighted by atomic mass is 9.86. The number of ether oxygens (including phenoxy) is 2. The van der Waals surface area contributed by atoms with Crippen LogP contribution in [0.2, 0.25) is 0 Å². The zero-order chi connectivity index (χ0) is 34.9. The second-order valence-electron chi connectivity index (χ2n) is 13.2. The number of benzene rings is 2. The fourth-order valence-corrected chi connectivity index (χ4v) is 7.28. The Bertz CT molecular complexity index is 1800. The first-order chi connectivity index (χ1) is 23.3. The molecule has 0 aliphatic carbocycles. The number of nitrogens with one attached hydrogen (secondary N) is 1. The maximum absolute atomic E-state index is 15.2. The van der Waals surface area contributed by atoms with Gasteiger partial charge in [-0.1, -0.05) is 25.1 Å². The molecular formula is C35H37F3N6O4S. The molecule has 0 bridgehead atoms. The SMILES string of the molecule is CC(C(=O)OC(C)(C)C)[C@@H]1CCN2CCN(c3c(NC(=O)c4csc(-c5ccnnc5)n4)ccc(Oc4ccccc4)c3C(F)(F)F)C[C@@H]12. The van der Waals surface area contributed by atoms with E-state index in [1.54, 1.807) is 46.7 Å². The Labute approximate surface area is 286 Å². The summed E-state index contributed by atoms with van der Waals surface area (Å²) >= 11 is 1.21. The van der Waals surface area contributed by atoms with Gasteiger partial charge in [0.2, 0.25) is 0 Å². The smallest absolute Gasteiger partial charge is 0.422 e. The molecule has 0 radical (unpaired) electrons. The number of carbonyl (C=O) groups excluding carboxylic acids is 2. The standard InChI is InChI=1S/C35H37F3N6O4S/c1-21(33(46)48-34(2,3)4)24-13-15-43-16-17-44(19-27(24)43)30-25(41-31(45)26-20-49-32(42-26)22-12-14-39-40-18-22)10-11-28(29(30)35(36,37)38)47-23-8-6-5-7-9-23/h5-12,14,18,20-21,24,27H,13,15-17,19H2,1-4H3,(H,41,45)/t21?,24-,27-/m0/s1. The van der Waals surface area contributed by atoms with Crippen molar-refractivity contribution in [3.05, 3.63) is 77.6 Å². The molecule has 258 valence electrons. The van der Waals surface area contributed by atoms with Crippen molar-refractivity contribution >= 4 is 34.6 Å². The van der Waals surface area contributed by atoms with E-state index in [1.807, 2.05) is 27.7 Å². The van der Waals surface area contributed by atoms with Gasteiger partial charge in [0.25, 0.3) is 5.91 Å². The highest BCUT2D eigenvalue weighted by Gasteiger charge is 2.46. The van der Waals surface area contributed by atoms with E-state index in [1.165, 1.54) is 35.9 Å². The van der Waals surface area contributed by atoms with Crippen molar-refractivity contribution < 1.29 is 32.2 Å². The van der Waals surface area contributed by atoms with Gasteiger partial charge in [-0.2, -0.15) is 23.4 Å². The van der Waals surface area contributed by atoms with E-state index >= 15 is 13.2 Å². The fourth-order valence-electron chi connectivity index (χ4n) is 6.49. The average Bonchev–Trinajstić information content (AvgIpc) is 3.72. The maximum atomic E-state index is 15.2. The predicted octanol–water partition coefficient (Wildman–Crippen LogP) is 7.15. The van der Waals surface area contributed by atoms with E-state index in [2.05, 4.69) is 25.4 Å². The summed E-state index contributed by atoms with van der Waals surface area (Å²) in [6.45, 7) is 8.92. The molecule has 4 aromatic rings. The molecule has 6 rings (SSSR count). The van der Waals surface area contributed by atoms with Crippen LogP contribution >= 0.6 is 11.3 Å². The van der Waals surface area contributed by atoms with Crippen molar-refractivity contribution in [1.82, 2.24) is 20.1 Å². The van der Waals surface area contributed by atoms with Gasteiger partial charge in [-0.3, -0.25) is 14.5 Å². The van der Waals surface area contributed by atoms with E-state index < -0.39 is 29.2 Å². The minimum Gasteiger partial charge on any atom is -0.460 e. The molecule has 2 aliphatic rings. The number of alkyl halides is 3. The van der Waals surface area contributed by atoms with Gasteiger partial charge in [-0.05, 0) is 70.0 Å². The second-order valence-corrected chi connectivity index (χ2v) is 14.1. The fraction of sp³-hybridized carbons (Fsp3) is 0.400. The summed E-state index contributed by atoms with van der Waals surface area (Å²) in [6, 6.07) is 12.4. The van der Waals surface area contributed by atoms with Crippen LogP contribution in [0.15, 0.2) is 66.3 Å². The van der Waals surface area contributed by atoms with E-state index in [-0.39, 0.29) is 59.6 Å². The largest absolute Gasteiger partial charge is 0.460 e. The third kappa shape index (κ3) is 7.70. The number of hydrogen-bond acceptors (Lipinski definition) is 10. The number of anilines is 2. The quantitative estimate of drug-likeness (QED) is 0.192. The van der Waals surface area contributed by atoms with Crippen molar-refractivity contribution in [3.8, 4) is 22.1 Å². The highest BCUT2D eigenvalue weighted by Crippen LogP contribution is 2.49. The lowest BCUT2D eigenvalue weighted by Gasteiger charge is -2.43. The molecule has 2 aliphatic heterocycles. The first-order valence-corrected chi connectivity index (χ1v) is 16.9. The number of amides is 1. The molecule has 14 heteroatoms. The summed E-state index contributed by atoms with van der Waals surface area (Å²) in [5.41, 5.74) is -1.18. The van der Waals surface area contributed by atoms with Gasteiger partial charge in [0.05, 0.1) is 29.7 Å². The summed E-state index contributed by atoms with van der Waals surface area (Å²) in [6.07, 6.45) is -1.12. The lowest BCUT2D eigenvalue weighted by molar-refractivity contribution is -0.161. The number of aromatic nitrogens is 3. The number of fused-ring (bicyclic) bond motifs is 1. The average molecular weight is 695 g/mol. The Balaban J connectivity index is 1.37. The number of rotatable bonds is 8. The van der Waals surface area contributed by atoms with Gasteiger partial charge in [-0.25, -0.2) is 4.98 Å². The van der Waals surface area contributed by atoms with Gasteiger partial charge in [0.15, 0.2) is 0 Å². The Morgan fingerprint density at radius 2 is 1.80 bits per heavy atom. The molecule has 0 spiro atoms. The van der Waals surface area contributed by atoms with Crippen LogP contribution in [0.25, 0.3) is 10.6 Å². The summed E-state index contributed by atoms with van der Waals surface area (Å²) in [4.78, 5) is 34.9. The van der Waals surface area contributed by atoms with Gasteiger partial charge in [0.1, 0.15) is 33.4 Å². The van der Waals surface area contributed by atoms with Crippen molar-refractivity contribution in [3.63, 3.8) is 0 Å². The molecule has 49 heavy (non-hydrogen) atoms. The molecule has 0 saturated carbocycles. The van der Waals surface area contributed by atoms with Crippen molar-refractivity contribution in [1.29, 1.82) is 0 Å². The molecule has 2 fully saturated rings. The van der Waals surface area contributed by atoms with Gasteiger partial charge in [-0.15, -0.1) is 11.3 Å². The third-order valence-corrected chi connectivity index (χ3v) is 9.62. The molecular weight excluding hydrogens is 657 g/mol. The van der Waals surface area contributed by atoms with Gasteiger partial charge in [0, 0.05) is 36.6 Å². The van der Waals surface area contributed by atoms with Crippen LogP contribution in [0.1, 0.15) is 50.2 Å². The molecule has 10 nitrogen and oxygen atoms in total. The second kappa shape index (κ2) is 13.7. The Morgan fingerprint density at radius 1 is 1.02 bits per heavy atom. The number of esters is 1. The number of thiazole rings is 1. The highest BCUT2D eigenvalue weighted by atomic mass is 32.1. The lowest BCUT2D eigenvalue weighted by Crippen LogP contribution is -2.54. The number of carbonyl (C=O) groups is 2. The van der Waals surface area contributed by atoms with Crippen molar-refractivity contribution in [2.75, 3.05) is 36.4 Å². The van der Waals surface area contributed by atoms with Crippen LogP contribution in [-0.4, -0.2) is 69.8 Å². The topological polar surface area (TPSA) is 110 Å². The summed E-state index contributed by atoms with van der Waals surface area (Å²) < 4.78 is 57.2. The van der Waals surface area contributed by atoms with E-state index in [9.17, 15) is 9.59 Å². The Kier molecular flexibility index (Phi) is 9.63. The monoisotopic (exact) mass is 694 g/mol. The molecule has 1 N–H and O–H groups in total. The van der Waals surface area contributed by atoms with E-state index in [0.29, 0.717) is 23.5 Å². The minimum absolute atomic E-state index is 0.0268. The summed E-state index contributed by atoms with van der Waals surface area (Å²) in [7, 11) is 0. The maximum Gasteiger partial charge on any atom is 0.422 e. The number of para-hydroxylation sites is 1. The normalized spacial score (nSPS) is 18.9. The molecule has 3 atom stereocenters. The van der Waals surface area contributed by atoms with E-state index in [0.717, 1.165) is 6.54 Å². The molecule has 1 unspecified atom stereocenters. The van der Waals surface area contributed by atoms with Crippen LogP contribution in [0.4, 0.5) is 24.5 Å². The Hall–Kier alpha value is -4.56. The molecule has 2 saturated heterocycles. The molecule has 2 aromatic heterocycles. The summed E-state index contributed by atoms with van der Waals surface area (Å²) in [5, 5.41) is 12.4.